The molecule has 2 unspecified atom stereocenters. The van der Waals surface area contributed by atoms with Crippen LogP contribution in [0.4, 0.5) is 0 Å². The van der Waals surface area contributed by atoms with Crippen LogP contribution < -0.4 is 5.32 Å². The van der Waals surface area contributed by atoms with Crippen molar-refractivity contribution in [1.29, 1.82) is 0 Å². The van der Waals surface area contributed by atoms with Gasteiger partial charge in [0, 0.05) is 12.8 Å². The molecule has 0 aromatic carbocycles. The quantitative estimate of drug-likeness (QED) is 0.0320. The number of aliphatic hydroxyl groups excluding tert-OH is 2. The molecule has 0 rings (SSSR count). The number of allylic oxidation sites excluding steroid dienone is 5. The molecule has 1 amide bonds. The number of nitrogens with one attached hydrogen (secondary N) is 1. The fraction of sp³-hybridized carbons (Fsp3) is 0.904. The fourth-order valence-electron chi connectivity index (χ4n) is 12.9. The van der Waals surface area contributed by atoms with Crippen molar-refractivity contribution in [2.75, 3.05) is 13.2 Å². The van der Waals surface area contributed by atoms with Gasteiger partial charge in [0.15, 0.2) is 0 Å². The summed E-state index contributed by atoms with van der Waals surface area (Å²) in [5.74, 6) is -0.0471. The first-order valence-electron chi connectivity index (χ1n) is 40.8. The van der Waals surface area contributed by atoms with E-state index in [1.807, 2.05) is 6.08 Å². The number of esters is 1. The molecular weight excluding hydrogens is 1090 g/mol. The average molecular weight is 1250 g/mol. The molecular formula is C83H159NO5. The summed E-state index contributed by atoms with van der Waals surface area (Å²) in [7, 11) is 0. The van der Waals surface area contributed by atoms with Gasteiger partial charge in [-0.2, -0.15) is 0 Å². The van der Waals surface area contributed by atoms with Crippen LogP contribution in [0.1, 0.15) is 457 Å². The fourth-order valence-corrected chi connectivity index (χ4v) is 12.9. The molecule has 0 aliphatic carbocycles. The second-order valence-electron chi connectivity index (χ2n) is 28.1. The first-order chi connectivity index (χ1) is 44.0. The maximum absolute atomic E-state index is 12.6. The summed E-state index contributed by atoms with van der Waals surface area (Å²) < 4.78 is 5.47. The number of carbonyl (C=O) groups is 2. The lowest BCUT2D eigenvalue weighted by molar-refractivity contribution is -0.143. The summed E-state index contributed by atoms with van der Waals surface area (Å²) >= 11 is 0. The van der Waals surface area contributed by atoms with Crippen molar-refractivity contribution < 1.29 is 24.5 Å². The van der Waals surface area contributed by atoms with E-state index in [1.54, 1.807) is 6.08 Å². The standard InChI is InChI=1S/C83H159NO5/c1-3-5-7-9-11-13-15-16-17-18-19-20-40-43-46-49-52-56-59-63-67-71-75-81(86)80(79-85)84-82(87)76-72-68-64-60-57-53-50-47-44-41-38-36-34-32-30-28-26-24-22-21-23-25-27-29-31-33-35-37-39-42-45-48-51-54-58-62-66-70-74-78-89-83(88)77-73-69-65-61-55-14-12-10-8-6-4-2/h10,12,21-22,71,75,80-81,85-86H,3-9,11,13-20,23-70,72-74,76-79H2,1-2H3,(H,84,87)/b12-10-,22-21-,75-71+. The molecule has 0 saturated heterocycles. The van der Waals surface area contributed by atoms with Crippen molar-refractivity contribution in [2.24, 2.45) is 0 Å². The van der Waals surface area contributed by atoms with E-state index in [9.17, 15) is 19.8 Å². The molecule has 0 saturated carbocycles. The Morgan fingerprint density at radius 1 is 0.303 bits per heavy atom. The van der Waals surface area contributed by atoms with Crippen molar-refractivity contribution in [2.45, 2.75) is 469 Å². The zero-order valence-electron chi connectivity index (χ0n) is 60.4. The molecule has 0 radical (unpaired) electrons. The van der Waals surface area contributed by atoms with Gasteiger partial charge in [-0.15, -0.1) is 0 Å². The smallest absolute Gasteiger partial charge is 0.305 e. The number of hydrogen-bond acceptors (Lipinski definition) is 5. The molecule has 6 heteroatoms. The summed E-state index contributed by atoms with van der Waals surface area (Å²) in [5, 5.41) is 23.3. The van der Waals surface area contributed by atoms with Gasteiger partial charge in [-0.05, 0) is 77.0 Å². The second kappa shape index (κ2) is 78.5. The number of carbonyl (C=O) groups excluding carboxylic acids is 2. The van der Waals surface area contributed by atoms with Crippen LogP contribution in [0.15, 0.2) is 36.5 Å². The van der Waals surface area contributed by atoms with Gasteiger partial charge < -0.3 is 20.3 Å². The SMILES string of the molecule is CCCC/C=C\CCCCCCCC(=O)OCCCCCCCCCCCCCCCCCCCC/C=C\CCCCCCCCCCCCCCCCCCCC(=O)NC(CO)C(O)/C=C/CCCCCCCCCCCCCCCCCCCCCC. The number of rotatable bonds is 77. The van der Waals surface area contributed by atoms with Gasteiger partial charge in [0.2, 0.25) is 5.91 Å². The highest BCUT2D eigenvalue weighted by atomic mass is 16.5. The lowest BCUT2D eigenvalue weighted by Crippen LogP contribution is -2.45. The van der Waals surface area contributed by atoms with Crippen LogP contribution in [-0.4, -0.2) is 47.4 Å². The Balaban J connectivity index is 3.35. The third-order valence-corrected chi connectivity index (χ3v) is 19.1. The van der Waals surface area contributed by atoms with Crippen LogP contribution in [0, 0.1) is 0 Å². The normalized spacial score (nSPS) is 12.6. The molecule has 526 valence electrons. The van der Waals surface area contributed by atoms with Crippen LogP contribution in [0.25, 0.3) is 0 Å². The highest BCUT2D eigenvalue weighted by Gasteiger charge is 2.18. The van der Waals surface area contributed by atoms with Gasteiger partial charge in [-0.1, -0.05) is 403 Å². The number of amides is 1. The summed E-state index contributed by atoms with van der Waals surface area (Å²) in [6, 6.07) is -0.626. The molecule has 0 aliphatic rings. The predicted octanol–water partition coefficient (Wildman–Crippen LogP) is 27.0. The lowest BCUT2D eigenvalue weighted by atomic mass is 10.0. The molecule has 89 heavy (non-hydrogen) atoms. The molecule has 0 heterocycles. The van der Waals surface area contributed by atoms with E-state index in [4.69, 9.17) is 4.74 Å². The average Bonchev–Trinajstić information content (AvgIpc) is 3.55. The van der Waals surface area contributed by atoms with Crippen LogP contribution in [0.2, 0.25) is 0 Å². The van der Waals surface area contributed by atoms with Crippen LogP contribution >= 0.6 is 0 Å². The summed E-state index contributed by atoms with van der Waals surface area (Å²) in [5.41, 5.74) is 0. The number of ether oxygens (including phenoxy) is 1. The Kier molecular flexibility index (Phi) is 76.8. The zero-order chi connectivity index (χ0) is 64.2. The summed E-state index contributed by atoms with van der Waals surface area (Å²) in [6.07, 6.45) is 103. The summed E-state index contributed by atoms with van der Waals surface area (Å²) in [4.78, 5) is 24.6. The van der Waals surface area contributed by atoms with E-state index in [2.05, 4.69) is 43.5 Å². The topological polar surface area (TPSA) is 95.9 Å². The number of aliphatic hydroxyl groups is 2. The number of unbranched alkanes of at least 4 members (excludes halogenated alkanes) is 62. The van der Waals surface area contributed by atoms with Crippen LogP contribution in [0.3, 0.4) is 0 Å². The lowest BCUT2D eigenvalue weighted by Gasteiger charge is -2.20. The van der Waals surface area contributed by atoms with Gasteiger partial charge in [0.05, 0.1) is 25.4 Å². The van der Waals surface area contributed by atoms with E-state index >= 15 is 0 Å². The van der Waals surface area contributed by atoms with Gasteiger partial charge >= 0.3 is 5.97 Å². The maximum Gasteiger partial charge on any atom is 0.305 e. The molecule has 3 N–H and O–H groups in total. The van der Waals surface area contributed by atoms with Crippen molar-refractivity contribution in [3.63, 3.8) is 0 Å². The molecule has 2 atom stereocenters. The Hall–Kier alpha value is -1.92. The molecule has 0 aliphatic heterocycles. The van der Waals surface area contributed by atoms with Gasteiger partial charge in [-0.25, -0.2) is 0 Å². The molecule has 6 nitrogen and oxygen atoms in total. The molecule has 0 spiro atoms. The zero-order valence-corrected chi connectivity index (χ0v) is 60.4. The highest BCUT2D eigenvalue weighted by molar-refractivity contribution is 5.76. The van der Waals surface area contributed by atoms with Gasteiger partial charge in [0.1, 0.15) is 0 Å². The molecule has 0 fully saturated rings. The van der Waals surface area contributed by atoms with Crippen molar-refractivity contribution in [3.8, 4) is 0 Å². The minimum Gasteiger partial charge on any atom is -0.466 e. The molecule has 0 bridgehead atoms. The van der Waals surface area contributed by atoms with Crippen LogP contribution in [0.5, 0.6) is 0 Å². The monoisotopic (exact) mass is 1250 g/mol. The molecule has 0 aromatic rings. The van der Waals surface area contributed by atoms with Crippen molar-refractivity contribution in [3.05, 3.63) is 36.5 Å². The Morgan fingerprint density at radius 2 is 0.539 bits per heavy atom. The van der Waals surface area contributed by atoms with Crippen molar-refractivity contribution >= 4 is 11.9 Å². The third-order valence-electron chi connectivity index (χ3n) is 19.1. The van der Waals surface area contributed by atoms with E-state index in [1.165, 1.54) is 385 Å². The van der Waals surface area contributed by atoms with E-state index in [-0.39, 0.29) is 18.5 Å². The third kappa shape index (κ3) is 75.0. The first kappa shape index (κ1) is 87.1. The minimum absolute atomic E-state index is 0.0117. The maximum atomic E-state index is 12.6. The van der Waals surface area contributed by atoms with Crippen LogP contribution in [-0.2, 0) is 14.3 Å². The Morgan fingerprint density at radius 3 is 0.831 bits per heavy atom. The van der Waals surface area contributed by atoms with Gasteiger partial charge in [0.25, 0.3) is 0 Å². The largest absolute Gasteiger partial charge is 0.466 e. The Labute approximate surface area is 557 Å². The molecule has 0 aromatic heterocycles. The Bertz CT molecular complexity index is 1440. The highest BCUT2D eigenvalue weighted by Crippen LogP contribution is 2.20. The van der Waals surface area contributed by atoms with E-state index in [0.717, 1.165) is 44.9 Å². The number of hydrogen-bond donors (Lipinski definition) is 3. The van der Waals surface area contributed by atoms with Crippen molar-refractivity contribution in [1.82, 2.24) is 5.32 Å². The van der Waals surface area contributed by atoms with E-state index < -0.39 is 12.1 Å². The minimum atomic E-state index is -0.843. The first-order valence-corrected chi connectivity index (χ1v) is 40.8. The second-order valence-corrected chi connectivity index (χ2v) is 28.1. The predicted molar refractivity (Wildman–Crippen MR) is 393 cm³/mol. The van der Waals surface area contributed by atoms with E-state index in [0.29, 0.717) is 19.4 Å². The van der Waals surface area contributed by atoms with Gasteiger partial charge in [-0.3, -0.25) is 9.59 Å². The summed E-state index contributed by atoms with van der Waals surface area (Å²) in [6.45, 7) is 4.91.